The Hall–Kier alpha value is -2.91. The predicted molar refractivity (Wildman–Crippen MR) is 124 cm³/mol. The fraction of sp³-hybridized carbons (Fsp3) is 0.435. The normalized spacial score (nSPS) is 17.1. The van der Waals surface area contributed by atoms with E-state index in [0.29, 0.717) is 5.89 Å². The molecule has 0 radical (unpaired) electrons. The van der Waals surface area contributed by atoms with Gasteiger partial charge in [-0.15, -0.1) is 11.3 Å². The van der Waals surface area contributed by atoms with Gasteiger partial charge in [-0.2, -0.15) is 4.98 Å². The van der Waals surface area contributed by atoms with Crippen molar-refractivity contribution in [2.24, 2.45) is 0 Å². The number of hydrogen-bond acceptors (Lipinski definition) is 9. The van der Waals surface area contributed by atoms with Crippen molar-refractivity contribution in [3.63, 3.8) is 0 Å². The van der Waals surface area contributed by atoms with E-state index in [2.05, 4.69) is 24.9 Å². The number of thiophene rings is 1. The monoisotopic (exact) mass is 447 g/mol. The maximum Gasteiger partial charge on any atom is 0.223 e. The summed E-state index contributed by atoms with van der Waals surface area (Å²) in [5.74, 6) is 3.23. The van der Waals surface area contributed by atoms with Crippen molar-refractivity contribution in [1.29, 1.82) is 0 Å². The van der Waals surface area contributed by atoms with Gasteiger partial charge in [-0.05, 0) is 43.4 Å². The molecule has 1 saturated heterocycles. The molecule has 2 aliphatic rings. The van der Waals surface area contributed by atoms with Gasteiger partial charge < -0.3 is 9.42 Å². The van der Waals surface area contributed by atoms with Crippen molar-refractivity contribution in [1.82, 2.24) is 30.0 Å². The number of hydrogen-bond donors (Lipinski definition) is 0. The van der Waals surface area contributed by atoms with Crippen molar-refractivity contribution in [2.75, 3.05) is 31.1 Å². The summed E-state index contributed by atoms with van der Waals surface area (Å²) in [6, 6.07) is 3.98. The number of pyridine rings is 1. The van der Waals surface area contributed by atoms with Crippen LogP contribution in [0.3, 0.4) is 0 Å². The first kappa shape index (κ1) is 19.8. The minimum Gasteiger partial charge on any atom is -0.353 e. The molecule has 0 N–H and O–H groups in total. The molecular weight excluding hydrogens is 422 g/mol. The highest BCUT2D eigenvalue weighted by Gasteiger charge is 2.27. The number of nitrogens with zero attached hydrogens (tertiary/aromatic N) is 7. The Morgan fingerprint density at radius 2 is 1.94 bits per heavy atom. The summed E-state index contributed by atoms with van der Waals surface area (Å²) in [6.45, 7) is 6.26. The lowest BCUT2D eigenvalue weighted by molar-refractivity contribution is 0.239. The molecule has 6 rings (SSSR count). The van der Waals surface area contributed by atoms with Crippen molar-refractivity contribution in [2.45, 2.75) is 39.2 Å². The second-order valence-corrected chi connectivity index (χ2v) is 9.58. The smallest absolute Gasteiger partial charge is 0.223 e. The van der Waals surface area contributed by atoms with E-state index in [9.17, 15) is 0 Å². The molecule has 9 heteroatoms. The Morgan fingerprint density at radius 1 is 1.06 bits per heavy atom. The fourth-order valence-corrected chi connectivity index (χ4v) is 5.97. The van der Waals surface area contributed by atoms with E-state index >= 15 is 0 Å². The van der Waals surface area contributed by atoms with Crippen LogP contribution in [0.4, 0.5) is 5.82 Å². The molecule has 0 aromatic carbocycles. The summed E-state index contributed by atoms with van der Waals surface area (Å²) < 4.78 is 5.12. The number of aryl methyl sites for hydroxylation is 3. The van der Waals surface area contributed by atoms with Gasteiger partial charge in [0.2, 0.25) is 5.89 Å². The summed E-state index contributed by atoms with van der Waals surface area (Å²) in [7, 11) is 0. The zero-order valence-corrected chi connectivity index (χ0v) is 18.9. The maximum atomic E-state index is 5.12. The molecule has 0 atom stereocenters. The first-order valence-corrected chi connectivity index (χ1v) is 12.1. The minimum atomic E-state index is 0.618. The first-order chi connectivity index (χ1) is 15.7. The van der Waals surface area contributed by atoms with Gasteiger partial charge >= 0.3 is 0 Å². The summed E-state index contributed by atoms with van der Waals surface area (Å²) in [5, 5.41) is 5.33. The lowest BCUT2D eigenvalue weighted by atomic mass is 9.96. The zero-order valence-electron chi connectivity index (χ0n) is 18.1. The van der Waals surface area contributed by atoms with Crippen molar-refractivity contribution < 1.29 is 4.52 Å². The van der Waals surface area contributed by atoms with E-state index < -0.39 is 0 Å². The second kappa shape index (κ2) is 8.22. The van der Waals surface area contributed by atoms with Gasteiger partial charge in [-0.1, -0.05) is 5.16 Å². The molecule has 0 spiro atoms. The van der Waals surface area contributed by atoms with Crippen LogP contribution in [0.5, 0.6) is 0 Å². The molecule has 0 unspecified atom stereocenters. The van der Waals surface area contributed by atoms with Crippen LogP contribution in [0.25, 0.3) is 21.6 Å². The standard InChI is InChI=1S/C23H25N7OS/c1-15-25-19(28-31-15)14-29-9-11-30(12-10-29)22-20-17-6-2-3-7-18(17)32-23(20)27-21(26-22)16-5-4-8-24-13-16/h4-5,8,13H,2-3,6-7,9-12,14H2,1H3. The van der Waals surface area contributed by atoms with Gasteiger partial charge in [0.25, 0.3) is 0 Å². The maximum absolute atomic E-state index is 5.12. The number of fused-ring (bicyclic) bond motifs is 3. The lowest BCUT2D eigenvalue weighted by Gasteiger charge is -2.35. The third-order valence-electron chi connectivity index (χ3n) is 6.32. The average Bonchev–Trinajstić information content (AvgIpc) is 3.42. The minimum absolute atomic E-state index is 0.618. The van der Waals surface area contributed by atoms with E-state index in [4.69, 9.17) is 14.5 Å². The highest BCUT2D eigenvalue weighted by molar-refractivity contribution is 7.19. The number of piperazine rings is 1. The number of rotatable bonds is 4. The van der Waals surface area contributed by atoms with Crippen LogP contribution in [0, 0.1) is 6.92 Å². The van der Waals surface area contributed by atoms with Crippen LogP contribution < -0.4 is 4.90 Å². The third-order valence-corrected chi connectivity index (χ3v) is 7.51. The van der Waals surface area contributed by atoms with Crippen LogP contribution in [0.2, 0.25) is 0 Å². The zero-order chi connectivity index (χ0) is 21.5. The van der Waals surface area contributed by atoms with Gasteiger partial charge in [-0.25, -0.2) is 9.97 Å². The average molecular weight is 448 g/mol. The van der Waals surface area contributed by atoms with Crippen LogP contribution in [-0.2, 0) is 19.4 Å². The van der Waals surface area contributed by atoms with E-state index in [0.717, 1.165) is 73.4 Å². The van der Waals surface area contributed by atoms with Crippen LogP contribution in [0.15, 0.2) is 29.0 Å². The Morgan fingerprint density at radius 3 is 2.72 bits per heavy atom. The van der Waals surface area contributed by atoms with Gasteiger partial charge in [0.15, 0.2) is 11.6 Å². The molecule has 1 aliphatic carbocycles. The molecule has 4 aromatic rings. The van der Waals surface area contributed by atoms with Crippen LogP contribution >= 0.6 is 11.3 Å². The topological polar surface area (TPSA) is 84.1 Å². The van der Waals surface area contributed by atoms with Crippen LogP contribution in [0.1, 0.15) is 35.0 Å². The highest BCUT2D eigenvalue weighted by Crippen LogP contribution is 2.41. The van der Waals surface area contributed by atoms with Crippen molar-refractivity contribution in [3.05, 3.63) is 46.7 Å². The van der Waals surface area contributed by atoms with Crippen molar-refractivity contribution in [3.8, 4) is 11.4 Å². The van der Waals surface area contributed by atoms with Gasteiger partial charge in [-0.3, -0.25) is 9.88 Å². The van der Waals surface area contributed by atoms with Gasteiger partial charge in [0.05, 0.1) is 11.9 Å². The van der Waals surface area contributed by atoms with E-state index in [1.807, 2.05) is 36.6 Å². The third kappa shape index (κ3) is 3.65. The van der Waals surface area contributed by atoms with E-state index in [1.54, 1.807) is 6.20 Å². The molecule has 5 heterocycles. The quantitative estimate of drug-likeness (QED) is 0.469. The summed E-state index contributed by atoms with van der Waals surface area (Å²) in [4.78, 5) is 26.2. The van der Waals surface area contributed by atoms with Gasteiger partial charge in [0, 0.05) is 55.9 Å². The second-order valence-electron chi connectivity index (χ2n) is 8.50. The predicted octanol–water partition coefficient (Wildman–Crippen LogP) is 3.65. The largest absolute Gasteiger partial charge is 0.353 e. The molecule has 8 nitrogen and oxygen atoms in total. The number of anilines is 1. The summed E-state index contributed by atoms with van der Waals surface area (Å²) >= 11 is 1.86. The fourth-order valence-electron chi connectivity index (χ4n) is 4.71. The molecule has 0 amide bonds. The Labute approximate surface area is 190 Å². The summed E-state index contributed by atoms with van der Waals surface area (Å²) in [5.41, 5.74) is 2.45. The SMILES string of the molecule is Cc1nc(CN2CCN(c3nc(-c4cccnc4)nc4sc5c(c34)CCCC5)CC2)no1. The van der Waals surface area contributed by atoms with Crippen LogP contribution in [-0.4, -0.2) is 56.2 Å². The molecule has 32 heavy (non-hydrogen) atoms. The van der Waals surface area contributed by atoms with Gasteiger partial charge in [0.1, 0.15) is 10.6 Å². The molecular formula is C23H25N7OS. The Bertz CT molecular complexity index is 1240. The van der Waals surface area contributed by atoms with E-state index in [1.165, 1.54) is 28.7 Å². The van der Waals surface area contributed by atoms with Crippen molar-refractivity contribution >= 4 is 27.4 Å². The van der Waals surface area contributed by atoms with E-state index in [-0.39, 0.29) is 0 Å². The molecule has 4 aromatic heterocycles. The molecule has 1 fully saturated rings. The number of aromatic nitrogens is 5. The molecule has 164 valence electrons. The first-order valence-electron chi connectivity index (χ1n) is 11.2. The Kier molecular flexibility index (Phi) is 5.07. The molecule has 0 saturated carbocycles. The molecule has 0 bridgehead atoms. The highest BCUT2D eigenvalue weighted by atomic mass is 32.1. The molecule has 1 aliphatic heterocycles. The summed E-state index contributed by atoms with van der Waals surface area (Å²) in [6.07, 6.45) is 8.46. The lowest BCUT2D eigenvalue weighted by Crippen LogP contribution is -2.46. The Balaban J connectivity index is 1.34.